The smallest absolute Gasteiger partial charge is 0.419 e. The Morgan fingerprint density at radius 1 is 1.09 bits per heavy atom. The van der Waals surface area contributed by atoms with Crippen molar-refractivity contribution in [2.24, 2.45) is 0 Å². The summed E-state index contributed by atoms with van der Waals surface area (Å²) in [6.07, 6.45) is -2.20. The molecule has 0 saturated heterocycles. The average Bonchev–Trinajstić information content (AvgIpc) is 3.18. The van der Waals surface area contributed by atoms with Crippen LogP contribution in [0.4, 0.5) is 28.0 Å². The number of aromatic nitrogens is 3. The Bertz CT molecular complexity index is 1300. The normalized spacial score (nSPS) is 11.5. The number of nitrogens with zero attached hydrogens (tertiary/aromatic N) is 3. The number of ether oxygens (including phenoxy) is 1. The minimum Gasteiger partial charge on any atom is -0.439 e. The van der Waals surface area contributed by atoms with Crippen LogP contribution in [0, 0.1) is 5.82 Å². The van der Waals surface area contributed by atoms with Crippen LogP contribution in [0.15, 0.2) is 61.1 Å². The first-order chi connectivity index (χ1) is 15.2. The van der Waals surface area contributed by atoms with Crippen molar-refractivity contribution in [3.8, 4) is 11.6 Å². The molecule has 4 aromatic rings. The topological polar surface area (TPSA) is 89.3 Å². The Morgan fingerprint density at radius 2 is 1.91 bits per heavy atom. The number of alkyl halides is 3. The highest BCUT2D eigenvalue weighted by atomic mass is 19.4. The fourth-order valence-electron chi connectivity index (χ4n) is 3.01. The third-order valence-electron chi connectivity index (χ3n) is 4.49. The Hall–Kier alpha value is -3.99. The van der Waals surface area contributed by atoms with Crippen LogP contribution < -0.4 is 10.1 Å². The summed E-state index contributed by atoms with van der Waals surface area (Å²) in [5.41, 5.74) is -0.822. The molecule has 32 heavy (non-hydrogen) atoms. The Labute approximate surface area is 177 Å². The number of fused-ring (bicyclic) bond motifs is 1. The van der Waals surface area contributed by atoms with Crippen molar-refractivity contribution in [3.05, 3.63) is 78.1 Å². The summed E-state index contributed by atoms with van der Waals surface area (Å²) in [4.78, 5) is 20.4. The van der Waals surface area contributed by atoms with Crippen LogP contribution in [0.1, 0.15) is 11.3 Å². The molecule has 1 amide bonds. The Morgan fingerprint density at radius 3 is 2.66 bits per heavy atom. The molecule has 2 N–H and O–H groups in total. The molecule has 0 aliphatic carbocycles. The van der Waals surface area contributed by atoms with Gasteiger partial charge in [0.15, 0.2) is 0 Å². The van der Waals surface area contributed by atoms with Crippen molar-refractivity contribution in [1.82, 2.24) is 14.5 Å². The van der Waals surface area contributed by atoms with Gasteiger partial charge in [-0.15, -0.1) is 0 Å². The van der Waals surface area contributed by atoms with E-state index >= 15 is 0 Å². The molecular weight excluding hydrogens is 432 g/mol. The molecule has 4 rings (SSSR count). The number of rotatable bonds is 4. The molecule has 0 aliphatic heterocycles. The van der Waals surface area contributed by atoms with E-state index in [1.165, 1.54) is 23.2 Å². The molecule has 164 valence electrons. The number of carbonyl (C=O) groups is 1. The van der Waals surface area contributed by atoms with Gasteiger partial charge in [0.25, 0.3) is 0 Å². The number of anilines is 1. The number of hydrogen-bond donors (Lipinski definition) is 2. The fourth-order valence-corrected chi connectivity index (χ4v) is 3.01. The van der Waals surface area contributed by atoms with E-state index in [-0.39, 0.29) is 18.2 Å². The van der Waals surface area contributed by atoms with E-state index < -0.39 is 23.6 Å². The zero-order valence-electron chi connectivity index (χ0n) is 16.1. The lowest BCUT2D eigenvalue weighted by Gasteiger charge is -2.12. The standard InChI is InChI=1S/C21H14F4N4O3/c22-17-3-1-13(8-16(17)21(23,24)25)28-20(31)29-6-5-12-7-15(2-4-18(12)29)32-19-9-14(10-30)26-11-27-19/h1-9,11,30H,10H2,(H,28,31). The summed E-state index contributed by atoms with van der Waals surface area (Å²) in [5.74, 6) is -0.798. The van der Waals surface area contributed by atoms with Crippen molar-refractivity contribution in [2.45, 2.75) is 12.8 Å². The van der Waals surface area contributed by atoms with Gasteiger partial charge in [-0.2, -0.15) is 13.2 Å². The number of carbonyl (C=O) groups excluding carboxylic acids is 1. The Kier molecular flexibility index (Phi) is 5.49. The first-order valence-electron chi connectivity index (χ1n) is 9.13. The molecule has 0 fully saturated rings. The first-order valence-corrected chi connectivity index (χ1v) is 9.13. The number of aliphatic hydroxyl groups is 1. The van der Waals surface area contributed by atoms with Gasteiger partial charge >= 0.3 is 12.2 Å². The summed E-state index contributed by atoms with van der Waals surface area (Å²) in [6.45, 7) is -0.269. The second-order valence-electron chi connectivity index (χ2n) is 6.64. The molecule has 0 aliphatic rings. The maximum absolute atomic E-state index is 13.5. The summed E-state index contributed by atoms with van der Waals surface area (Å²) >= 11 is 0. The van der Waals surface area contributed by atoms with E-state index in [9.17, 15) is 22.4 Å². The van der Waals surface area contributed by atoms with E-state index in [0.717, 1.165) is 6.07 Å². The predicted molar refractivity (Wildman–Crippen MR) is 106 cm³/mol. The van der Waals surface area contributed by atoms with E-state index in [1.54, 1.807) is 24.3 Å². The number of hydrogen-bond acceptors (Lipinski definition) is 5. The van der Waals surface area contributed by atoms with E-state index in [4.69, 9.17) is 9.84 Å². The van der Waals surface area contributed by atoms with Crippen LogP contribution in [0.3, 0.4) is 0 Å². The average molecular weight is 446 g/mol. The van der Waals surface area contributed by atoms with Gasteiger partial charge in [0.2, 0.25) is 5.88 Å². The van der Waals surface area contributed by atoms with Crippen molar-refractivity contribution >= 4 is 22.6 Å². The largest absolute Gasteiger partial charge is 0.439 e. The second-order valence-corrected chi connectivity index (χ2v) is 6.64. The van der Waals surface area contributed by atoms with E-state index in [1.807, 2.05) is 0 Å². The number of halogens is 4. The third-order valence-corrected chi connectivity index (χ3v) is 4.49. The minimum atomic E-state index is -4.89. The molecule has 7 nitrogen and oxygen atoms in total. The van der Waals surface area contributed by atoms with Gasteiger partial charge in [-0.1, -0.05) is 0 Å². The molecule has 0 saturated carbocycles. The van der Waals surface area contributed by atoms with E-state index in [2.05, 4.69) is 15.3 Å². The number of amides is 1. The molecule has 0 bridgehead atoms. The highest BCUT2D eigenvalue weighted by molar-refractivity contribution is 5.98. The van der Waals surface area contributed by atoms with Gasteiger partial charge in [-0.3, -0.25) is 4.57 Å². The van der Waals surface area contributed by atoms with Crippen molar-refractivity contribution in [1.29, 1.82) is 0 Å². The molecular formula is C21H14F4N4O3. The van der Waals surface area contributed by atoms with Crippen LogP contribution >= 0.6 is 0 Å². The predicted octanol–water partition coefficient (Wildman–Crippen LogP) is 4.95. The second kappa shape index (κ2) is 8.27. The highest BCUT2D eigenvalue weighted by Crippen LogP contribution is 2.33. The maximum Gasteiger partial charge on any atom is 0.419 e. The quantitative estimate of drug-likeness (QED) is 0.433. The van der Waals surface area contributed by atoms with Gasteiger partial charge in [0.1, 0.15) is 17.9 Å². The number of nitrogens with one attached hydrogen (secondary N) is 1. The van der Waals surface area contributed by atoms with Crippen LogP contribution in [0.25, 0.3) is 10.9 Å². The molecule has 2 heterocycles. The summed E-state index contributed by atoms with van der Waals surface area (Å²) in [7, 11) is 0. The van der Waals surface area contributed by atoms with Gasteiger partial charge in [0.05, 0.1) is 23.4 Å². The van der Waals surface area contributed by atoms with Crippen LogP contribution in [0.2, 0.25) is 0 Å². The van der Waals surface area contributed by atoms with Gasteiger partial charge in [0, 0.05) is 23.3 Å². The molecule has 0 radical (unpaired) electrons. The zero-order chi connectivity index (χ0) is 22.9. The van der Waals surface area contributed by atoms with Crippen LogP contribution in [-0.2, 0) is 12.8 Å². The van der Waals surface area contributed by atoms with Crippen LogP contribution in [-0.4, -0.2) is 25.7 Å². The van der Waals surface area contributed by atoms with Gasteiger partial charge in [-0.25, -0.2) is 19.2 Å². The molecule has 0 atom stereocenters. The fraction of sp³-hybridized carbons (Fsp3) is 0.0952. The lowest BCUT2D eigenvalue weighted by Crippen LogP contribution is -2.19. The summed E-state index contributed by atoms with van der Waals surface area (Å²) in [5, 5.41) is 12.1. The number of benzene rings is 2. The summed E-state index contributed by atoms with van der Waals surface area (Å²) < 4.78 is 59.0. The highest BCUT2D eigenvalue weighted by Gasteiger charge is 2.34. The zero-order valence-corrected chi connectivity index (χ0v) is 16.1. The Balaban J connectivity index is 1.56. The molecule has 2 aromatic carbocycles. The first kappa shape index (κ1) is 21.2. The molecule has 11 heteroatoms. The summed E-state index contributed by atoms with van der Waals surface area (Å²) in [6, 6.07) is 9.39. The lowest BCUT2D eigenvalue weighted by molar-refractivity contribution is -0.139. The van der Waals surface area contributed by atoms with Gasteiger partial charge < -0.3 is 15.2 Å². The SMILES string of the molecule is O=C(Nc1ccc(F)c(C(F)(F)F)c1)n1ccc2cc(Oc3cc(CO)ncn3)ccc21. The number of aliphatic hydroxyl groups excluding tert-OH is 1. The van der Waals surface area contributed by atoms with Crippen molar-refractivity contribution in [2.75, 3.05) is 5.32 Å². The van der Waals surface area contributed by atoms with E-state index in [0.29, 0.717) is 34.5 Å². The minimum absolute atomic E-state index is 0.200. The van der Waals surface area contributed by atoms with Crippen molar-refractivity contribution < 1.29 is 32.2 Å². The monoisotopic (exact) mass is 446 g/mol. The molecule has 0 spiro atoms. The lowest BCUT2D eigenvalue weighted by atomic mass is 10.2. The molecule has 2 aromatic heterocycles. The molecule has 0 unspecified atom stereocenters. The third kappa shape index (κ3) is 4.37. The van der Waals surface area contributed by atoms with Gasteiger partial charge in [-0.05, 0) is 42.5 Å². The van der Waals surface area contributed by atoms with Crippen LogP contribution in [0.5, 0.6) is 11.6 Å². The van der Waals surface area contributed by atoms with Crippen molar-refractivity contribution in [3.63, 3.8) is 0 Å². The maximum atomic E-state index is 13.5.